The van der Waals surface area contributed by atoms with Gasteiger partial charge in [0.05, 0.1) is 4.47 Å². The molecule has 0 saturated heterocycles. The smallest absolute Gasteiger partial charge is 0.137 e. The molecule has 0 fully saturated rings. The monoisotopic (exact) mass is 330 g/mol. The number of benzene rings is 2. The Balaban J connectivity index is 2.46. The Morgan fingerprint density at radius 1 is 1.00 bits per heavy atom. The number of aliphatic hydroxyl groups is 1. The molecule has 0 spiro atoms. The Morgan fingerprint density at radius 2 is 1.68 bits per heavy atom. The van der Waals surface area contributed by atoms with Gasteiger partial charge in [-0.25, -0.2) is 13.2 Å². The van der Waals surface area contributed by atoms with Gasteiger partial charge in [-0.2, -0.15) is 0 Å². The van der Waals surface area contributed by atoms with Crippen LogP contribution in [0.25, 0.3) is 0 Å². The van der Waals surface area contributed by atoms with E-state index in [0.717, 1.165) is 12.1 Å². The van der Waals surface area contributed by atoms with Crippen molar-refractivity contribution in [2.45, 2.75) is 13.0 Å². The molecule has 5 heteroatoms. The van der Waals surface area contributed by atoms with Crippen molar-refractivity contribution in [3.63, 3.8) is 0 Å². The number of rotatable bonds is 2. The number of aryl methyl sites for hydroxylation is 1. The molecule has 1 unspecified atom stereocenters. The van der Waals surface area contributed by atoms with Crippen molar-refractivity contribution >= 4 is 15.9 Å². The molecule has 0 bridgehead atoms. The van der Waals surface area contributed by atoms with Gasteiger partial charge in [-0.1, -0.05) is 12.1 Å². The second kappa shape index (κ2) is 5.35. The van der Waals surface area contributed by atoms with Crippen LogP contribution in [0, 0.1) is 24.4 Å². The van der Waals surface area contributed by atoms with Crippen LogP contribution in [0.15, 0.2) is 34.8 Å². The lowest BCUT2D eigenvalue weighted by Crippen LogP contribution is -2.04. The Morgan fingerprint density at radius 3 is 2.32 bits per heavy atom. The van der Waals surface area contributed by atoms with E-state index in [4.69, 9.17) is 0 Å². The second-order valence-corrected chi connectivity index (χ2v) is 5.05. The Bertz CT molecular complexity index is 628. The van der Waals surface area contributed by atoms with Gasteiger partial charge in [0.1, 0.15) is 23.6 Å². The predicted molar refractivity (Wildman–Crippen MR) is 69.3 cm³/mol. The second-order valence-electron chi connectivity index (χ2n) is 4.20. The molecule has 0 amide bonds. The van der Waals surface area contributed by atoms with Gasteiger partial charge in [0.15, 0.2) is 0 Å². The minimum atomic E-state index is -1.35. The topological polar surface area (TPSA) is 20.2 Å². The van der Waals surface area contributed by atoms with Crippen LogP contribution in [0.5, 0.6) is 0 Å². The lowest BCUT2D eigenvalue weighted by Gasteiger charge is -2.14. The first kappa shape index (κ1) is 14.1. The van der Waals surface area contributed by atoms with Gasteiger partial charge >= 0.3 is 0 Å². The summed E-state index contributed by atoms with van der Waals surface area (Å²) in [5.41, 5.74) is 0.445. The normalized spacial score (nSPS) is 12.5. The highest BCUT2D eigenvalue weighted by Crippen LogP contribution is 2.29. The average molecular weight is 331 g/mol. The van der Waals surface area contributed by atoms with Crippen LogP contribution in [0.2, 0.25) is 0 Å². The summed E-state index contributed by atoms with van der Waals surface area (Å²) in [6, 6.07) is 5.79. The highest BCUT2D eigenvalue weighted by atomic mass is 79.9. The molecule has 2 aromatic rings. The molecule has 0 aliphatic rings. The van der Waals surface area contributed by atoms with Gasteiger partial charge in [-0.05, 0) is 52.2 Å². The molecule has 0 heterocycles. The van der Waals surface area contributed by atoms with Gasteiger partial charge < -0.3 is 5.11 Å². The molecular weight excluding hydrogens is 321 g/mol. The zero-order valence-electron chi connectivity index (χ0n) is 9.92. The van der Waals surface area contributed by atoms with Crippen molar-refractivity contribution in [1.29, 1.82) is 0 Å². The molecule has 19 heavy (non-hydrogen) atoms. The van der Waals surface area contributed by atoms with Crippen molar-refractivity contribution in [2.75, 3.05) is 0 Å². The van der Waals surface area contributed by atoms with Gasteiger partial charge in [0.25, 0.3) is 0 Å². The van der Waals surface area contributed by atoms with Crippen molar-refractivity contribution < 1.29 is 18.3 Å². The molecule has 0 radical (unpaired) electrons. The average Bonchev–Trinajstić information content (AvgIpc) is 2.36. The molecule has 1 nitrogen and oxygen atoms in total. The zero-order valence-corrected chi connectivity index (χ0v) is 11.5. The van der Waals surface area contributed by atoms with E-state index in [9.17, 15) is 18.3 Å². The molecular formula is C14H10BrF3O. The van der Waals surface area contributed by atoms with Gasteiger partial charge in [0.2, 0.25) is 0 Å². The quantitative estimate of drug-likeness (QED) is 0.816. The Kier molecular flexibility index (Phi) is 3.96. The Hall–Kier alpha value is -1.33. The number of aliphatic hydroxyl groups excluding tert-OH is 1. The van der Waals surface area contributed by atoms with E-state index in [2.05, 4.69) is 15.9 Å². The van der Waals surface area contributed by atoms with Gasteiger partial charge in [-0.3, -0.25) is 0 Å². The van der Waals surface area contributed by atoms with E-state index in [1.807, 2.05) is 0 Å². The lowest BCUT2D eigenvalue weighted by atomic mass is 9.99. The van der Waals surface area contributed by atoms with E-state index in [0.29, 0.717) is 11.1 Å². The van der Waals surface area contributed by atoms with Crippen LogP contribution in [-0.4, -0.2) is 5.11 Å². The number of hydrogen-bond acceptors (Lipinski definition) is 1. The van der Waals surface area contributed by atoms with Crippen molar-refractivity contribution in [2.24, 2.45) is 0 Å². The summed E-state index contributed by atoms with van der Waals surface area (Å²) >= 11 is 2.86. The minimum absolute atomic E-state index is 0.0174. The first-order valence-electron chi connectivity index (χ1n) is 5.48. The molecule has 2 aromatic carbocycles. The maximum Gasteiger partial charge on any atom is 0.137 e. The third-order valence-electron chi connectivity index (χ3n) is 2.83. The first-order valence-corrected chi connectivity index (χ1v) is 6.28. The molecule has 1 atom stereocenters. The van der Waals surface area contributed by atoms with Crippen LogP contribution in [0.3, 0.4) is 0 Å². The van der Waals surface area contributed by atoms with Gasteiger partial charge in [0, 0.05) is 5.56 Å². The number of halogens is 4. The molecule has 0 saturated carbocycles. The van der Waals surface area contributed by atoms with E-state index in [1.165, 1.54) is 25.1 Å². The zero-order chi connectivity index (χ0) is 14.2. The molecule has 0 aromatic heterocycles. The van der Waals surface area contributed by atoms with Gasteiger partial charge in [-0.15, -0.1) is 0 Å². The minimum Gasteiger partial charge on any atom is -0.384 e. The largest absolute Gasteiger partial charge is 0.384 e. The fraction of sp³-hybridized carbons (Fsp3) is 0.143. The molecule has 2 rings (SSSR count). The summed E-state index contributed by atoms with van der Waals surface area (Å²) in [5, 5.41) is 10.1. The summed E-state index contributed by atoms with van der Waals surface area (Å²) in [7, 11) is 0. The lowest BCUT2D eigenvalue weighted by molar-refractivity contribution is 0.214. The van der Waals surface area contributed by atoms with E-state index in [1.54, 1.807) is 0 Å². The SMILES string of the molecule is Cc1cc(C(O)c2cc(F)c(Br)cc2F)ccc1F. The third-order valence-corrected chi connectivity index (χ3v) is 3.44. The summed E-state index contributed by atoms with van der Waals surface area (Å²) < 4.78 is 40.2. The maximum absolute atomic E-state index is 13.7. The van der Waals surface area contributed by atoms with Crippen LogP contribution in [-0.2, 0) is 0 Å². The molecule has 0 aliphatic heterocycles. The molecule has 100 valence electrons. The standard InChI is InChI=1S/C14H10BrF3O/c1-7-4-8(2-3-11(7)16)14(19)9-5-13(18)10(15)6-12(9)17/h2-6,14,19H,1H3. The summed E-state index contributed by atoms with van der Waals surface area (Å²) in [6.07, 6.45) is -1.35. The van der Waals surface area contributed by atoms with Crippen molar-refractivity contribution in [1.82, 2.24) is 0 Å². The summed E-state index contributed by atoms with van der Waals surface area (Å²) in [5.74, 6) is -1.82. The third kappa shape index (κ3) is 2.82. The Labute approximate surface area is 116 Å². The van der Waals surface area contributed by atoms with Crippen LogP contribution < -0.4 is 0 Å². The van der Waals surface area contributed by atoms with Crippen molar-refractivity contribution in [3.8, 4) is 0 Å². The van der Waals surface area contributed by atoms with E-state index >= 15 is 0 Å². The first-order chi connectivity index (χ1) is 8.90. The fourth-order valence-electron chi connectivity index (χ4n) is 1.77. The summed E-state index contributed by atoms with van der Waals surface area (Å²) in [4.78, 5) is 0. The summed E-state index contributed by atoms with van der Waals surface area (Å²) in [6.45, 7) is 1.53. The fourth-order valence-corrected chi connectivity index (χ4v) is 2.08. The highest BCUT2D eigenvalue weighted by Gasteiger charge is 2.18. The number of hydrogen-bond donors (Lipinski definition) is 1. The predicted octanol–water partition coefficient (Wildman–Crippen LogP) is 4.26. The van der Waals surface area contributed by atoms with E-state index < -0.39 is 23.6 Å². The van der Waals surface area contributed by atoms with Crippen LogP contribution in [0.4, 0.5) is 13.2 Å². The maximum atomic E-state index is 13.7. The van der Waals surface area contributed by atoms with Crippen LogP contribution in [0.1, 0.15) is 22.8 Å². The molecule has 0 aliphatic carbocycles. The van der Waals surface area contributed by atoms with Crippen LogP contribution >= 0.6 is 15.9 Å². The highest BCUT2D eigenvalue weighted by molar-refractivity contribution is 9.10. The van der Waals surface area contributed by atoms with E-state index in [-0.39, 0.29) is 10.0 Å². The van der Waals surface area contributed by atoms with Crippen molar-refractivity contribution in [3.05, 3.63) is 68.9 Å². The molecule has 1 N–H and O–H groups in total.